The zero-order chi connectivity index (χ0) is 15.2. The van der Waals surface area contributed by atoms with Crippen molar-refractivity contribution in [2.24, 2.45) is 0 Å². The van der Waals surface area contributed by atoms with E-state index in [4.69, 9.17) is 9.63 Å². The standard InChI is InChI=1S/C14H15N3O4/c1-9-8-12(21-17-9)14(20)16-7-6-15-13(19)10-2-4-11(18)5-3-10/h2-5,8,18H,6-7H2,1H3,(H,15,19)(H,16,20). The molecule has 0 saturated heterocycles. The fraction of sp³-hybridized carbons (Fsp3) is 0.214. The normalized spacial score (nSPS) is 10.1. The van der Waals surface area contributed by atoms with Crippen LogP contribution in [0, 0.1) is 6.92 Å². The number of benzene rings is 1. The Labute approximate surface area is 120 Å². The lowest BCUT2D eigenvalue weighted by Gasteiger charge is -2.06. The summed E-state index contributed by atoms with van der Waals surface area (Å²) >= 11 is 0. The molecule has 1 heterocycles. The maximum Gasteiger partial charge on any atom is 0.289 e. The van der Waals surface area contributed by atoms with Crippen LogP contribution in [0.25, 0.3) is 0 Å². The number of hydrogen-bond donors (Lipinski definition) is 3. The van der Waals surface area contributed by atoms with Crippen molar-refractivity contribution >= 4 is 11.8 Å². The van der Waals surface area contributed by atoms with E-state index in [2.05, 4.69) is 15.8 Å². The minimum Gasteiger partial charge on any atom is -0.508 e. The average molecular weight is 289 g/mol. The van der Waals surface area contributed by atoms with Crippen LogP contribution in [0.4, 0.5) is 0 Å². The number of phenols is 1. The summed E-state index contributed by atoms with van der Waals surface area (Å²) in [6.45, 7) is 2.26. The van der Waals surface area contributed by atoms with Gasteiger partial charge in [0.1, 0.15) is 5.75 Å². The predicted molar refractivity (Wildman–Crippen MR) is 74.0 cm³/mol. The number of aryl methyl sites for hydroxylation is 1. The molecule has 0 radical (unpaired) electrons. The Morgan fingerprint density at radius 2 is 1.76 bits per heavy atom. The average Bonchev–Trinajstić information content (AvgIpc) is 2.90. The molecule has 0 unspecified atom stereocenters. The number of aromatic hydroxyl groups is 1. The number of carbonyl (C=O) groups is 2. The van der Waals surface area contributed by atoms with Gasteiger partial charge in [0, 0.05) is 24.7 Å². The molecule has 0 spiro atoms. The number of phenolic OH excluding ortho intramolecular Hbond substituents is 1. The molecule has 0 aliphatic rings. The second-order valence-corrected chi connectivity index (χ2v) is 4.39. The third kappa shape index (κ3) is 4.07. The maximum absolute atomic E-state index is 11.7. The zero-order valence-electron chi connectivity index (χ0n) is 11.4. The second kappa shape index (κ2) is 6.56. The number of rotatable bonds is 5. The van der Waals surface area contributed by atoms with Crippen LogP contribution in [0.2, 0.25) is 0 Å². The quantitative estimate of drug-likeness (QED) is 0.708. The Morgan fingerprint density at radius 1 is 1.14 bits per heavy atom. The topological polar surface area (TPSA) is 104 Å². The highest BCUT2D eigenvalue weighted by Crippen LogP contribution is 2.09. The van der Waals surface area contributed by atoms with E-state index in [1.165, 1.54) is 30.3 Å². The Morgan fingerprint density at radius 3 is 2.33 bits per heavy atom. The van der Waals surface area contributed by atoms with E-state index in [-0.39, 0.29) is 36.4 Å². The van der Waals surface area contributed by atoms with Gasteiger partial charge in [-0.3, -0.25) is 9.59 Å². The van der Waals surface area contributed by atoms with E-state index in [0.717, 1.165) is 0 Å². The van der Waals surface area contributed by atoms with Crippen molar-refractivity contribution in [3.63, 3.8) is 0 Å². The van der Waals surface area contributed by atoms with E-state index in [0.29, 0.717) is 11.3 Å². The first-order chi connectivity index (χ1) is 10.1. The van der Waals surface area contributed by atoms with Crippen molar-refractivity contribution in [3.05, 3.63) is 47.3 Å². The summed E-state index contributed by atoms with van der Waals surface area (Å²) in [5.41, 5.74) is 1.06. The van der Waals surface area contributed by atoms with Gasteiger partial charge in [-0.25, -0.2) is 0 Å². The Kier molecular flexibility index (Phi) is 4.55. The molecule has 0 bridgehead atoms. The molecule has 0 atom stereocenters. The van der Waals surface area contributed by atoms with Crippen LogP contribution in [-0.2, 0) is 0 Å². The third-order valence-electron chi connectivity index (χ3n) is 2.68. The minimum absolute atomic E-state index is 0.0983. The Hall–Kier alpha value is -2.83. The number of nitrogens with one attached hydrogen (secondary N) is 2. The first-order valence-corrected chi connectivity index (χ1v) is 6.35. The van der Waals surface area contributed by atoms with Gasteiger partial charge in [-0.05, 0) is 31.2 Å². The summed E-state index contributed by atoms with van der Waals surface area (Å²) in [7, 11) is 0. The summed E-state index contributed by atoms with van der Waals surface area (Å²) < 4.78 is 4.81. The van der Waals surface area contributed by atoms with Crippen molar-refractivity contribution in [3.8, 4) is 5.75 Å². The van der Waals surface area contributed by atoms with Gasteiger partial charge in [-0.2, -0.15) is 0 Å². The van der Waals surface area contributed by atoms with Crippen molar-refractivity contribution in [1.29, 1.82) is 0 Å². The van der Waals surface area contributed by atoms with Crippen molar-refractivity contribution in [2.75, 3.05) is 13.1 Å². The van der Waals surface area contributed by atoms with E-state index in [1.807, 2.05) is 0 Å². The van der Waals surface area contributed by atoms with Crippen molar-refractivity contribution < 1.29 is 19.2 Å². The molecule has 3 N–H and O–H groups in total. The number of carbonyl (C=O) groups excluding carboxylic acids is 2. The van der Waals surface area contributed by atoms with Gasteiger partial charge in [-0.15, -0.1) is 0 Å². The summed E-state index contributed by atoms with van der Waals surface area (Å²) in [4.78, 5) is 23.4. The highest BCUT2D eigenvalue weighted by Gasteiger charge is 2.10. The smallest absolute Gasteiger partial charge is 0.289 e. The monoisotopic (exact) mass is 289 g/mol. The minimum atomic E-state index is -0.380. The molecule has 2 rings (SSSR count). The lowest BCUT2D eigenvalue weighted by Crippen LogP contribution is -2.34. The van der Waals surface area contributed by atoms with E-state index in [1.54, 1.807) is 6.92 Å². The number of hydrogen-bond acceptors (Lipinski definition) is 5. The fourth-order valence-corrected chi connectivity index (χ4v) is 1.62. The van der Waals surface area contributed by atoms with Crippen LogP contribution in [-0.4, -0.2) is 35.2 Å². The number of amides is 2. The lowest BCUT2D eigenvalue weighted by molar-refractivity contribution is 0.0903. The second-order valence-electron chi connectivity index (χ2n) is 4.39. The highest BCUT2D eigenvalue weighted by atomic mass is 16.5. The van der Waals surface area contributed by atoms with Gasteiger partial charge >= 0.3 is 0 Å². The van der Waals surface area contributed by atoms with Gasteiger partial charge < -0.3 is 20.3 Å². The molecule has 0 aliphatic heterocycles. The summed E-state index contributed by atoms with van der Waals surface area (Å²) in [5, 5.41) is 18.0. The number of nitrogens with zero attached hydrogens (tertiary/aromatic N) is 1. The molecular formula is C14H15N3O4. The third-order valence-corrected chi connectivity index (χ3v) is 2.68. The van der Waals surface area contributed by atoms with Crippen molar-refractivity contribution in [1.82, 2.24) is 15.8 Å². The molecule has 21 heavy (non-hydrogen) atoms. The molecule has 2 aromatic rings. The summed E-state index contributed by atoms with van der Waals surface area (Å²) in [5.74, 6) is -0.423. The van der Waals surface area contributed by atoms with Gasteiger partial charge in [-0.1, -0.05) is 5.16 Å². The van der Waals surface area contributed by atoms with Crippen LogP contribution >= 0.6 is 0 Å². The highest BCUT2D eigenvalue weighted by molar-refractivity contribution is 5.94. The molecule has 110 valence electrons. The number of aromatic nitrogens is 1. The molecule has 1 aromatic carbocycles. The summed E-state index contributed by atoms with van der Waals surface area (Å²) in [6, 6.07) is 7.43. The predicted octanol–water partition coefficient (Wildman–Crippen LogP) is 0.848. The van der Waals surface area contributed by atoms with Crippen LogP contribution in [0.15, 0.2) is 34.9 Å². The zero-order valence-corrected chi connectivity index (χ0v) is 11.4. The Bertz CT molecular complexity index is 634. The van der Waals surface area contributed by atoms with E-state index in [9.17, 15) is 9.59 Å². The van der Waals surface area contributed by atoms with E-state index >= 15 is 0 Å². The fourth-order valence-electron chi connectivity index (χ4n) is 1.62. The van der Waals surface area contributed by atoms with Crippen molar-refractivity contribution in [2.45, 2.75) is 6.92 Å². The van der Waals surface area contributed by atoms with Crippen LogP contribution < -0.4 is 10.6 Å². The molecule has 2 amide bonds. The molecular weight excluding hydrogens is 274 g/mol. The first-order valence-electron chi connectivity index (χ1n) is 6.35. The van der Waals surface area contributed by atoms with Gasteiger partial charge in [0.2, 0.25) is 5.76 Å². The van der Waals surface area contributed by atoms with Crippen LogP contribution in [0.5, 0.6) is 5.75 Å². The molecule has 0 saturated carbocycles. The van der Waals surface area contributed by atoms with Gasteiger partial charge in [0.15, 0.2) is 0 Å². The van der Waals surface area contributed by atoms with Crippen LogP contribution in [0.3, 0.4) is 0 Å². The largest absolute Gasteiger partial charge is 0.508 e. The molecule has 1 aromatic heterocycles. The molecule has 0 fully saturated rings. The molecule has 7 heteroatoms. The molecule has 7 nitrogen and oxygen atoms in total. The Balaban J connectivity index is 1.73. The maximum atomic E-state index is 11.7. The lowest BCUT2D eigenvalue weighted by atomic mass is 10.2. The first kappa shape index (κ1) is 14.6. The molecule has 0 aliphatic carbocycles. The van der Waals surface area contributed by atoms with E-state index < -0.39 is 0 Å². The SMILES string of the molecule is Cc1cc(C(=O)NCCNC(=O)c2ccc(O)cc2)on1. The van der Waals surface area contributed by atoms with Gasteiger partial charge in [0.25, 0.3) is 11.8 Å². The summed E-state index contributed by atoms with van der Waals surface area (Å²) in [6.07, 6.45) is 0. The van der Waals surface area contributed by atoms with Gasteiger partial charge in [0.05, 0.1) is 5.69 Å². The van der Waals surface area contributed by atoms with Crippen LogP contribution in [0.1, 0.15) is 26.6 Å².